The van der Waals surface area contributed by atoms with Gasteiger partial charge in [-0.2, -0.15) is 4.79 Å². The first-order valence-corrected chi connectivity index (χ1v) is 6.25. The molecule has 1 amide bonds. The Labute approximate surface area is 121 Å². The predicted molar refractivity (Wildman–Crippen MR) is 75.1 cm³/mol. The van der Waals surface area contributed by atoms with Crippen molar-refractivity contribution in [2.24, 2.45) is 0 Å². The molecule has 2 rings (SSSR count). The number of methoxy groups -OCH3 is 1. The zero-order chi connectivity index (χ0) is 14.5. The summed E-state index contributed by atoms with van der Waals surface area (Å²) in [5.41, 5.74) is 10.1. The molecule has 1 aromatic rings. The number of allylic oxidation sites excluding steroid dienone is 3. The molecule has 0 bridgehead atoms. The summed E-state index contributed by atoms with van der Waals surface area (Å²) in [5.74, 6) is 0.0927. The van der Waals surface area contributed by atoms with Crippen molar-refractivity contribution in [3.05, 3.63) is 64.0 Å². The van der Waals surface area contributed by atoms with Gasteiger partial charge in [0.1, 0.15) is 0 Å². The highest BCUT2D eigenvalue weighted by molar-refractivity contribution is 6.32. The van der Waals surface area contributed by atoms with Crippen LogP contribution in [0, 0.1) is 0 Å². The van der Waals surface area contributed by atoms with Gasteiger partial charge in [0.2, 0.25) is 5.76 Å². The first kappa shape index (κ1) is 14.1. The minimum absolute atomic E-state index is 0.197. The molecule has 0 saturated carbocycles. The Hall–Kier alpha value is -2.36. The molecule has 0 fully saturated rings. The quantitative estimate of drug-likeness (QED) is 0.685. The second kappa shape index (κ2) is 6.19. The van der Waals surface area contributed by atoms with Crippen LogP contribution in [0.15, 0.2) is 52.9 Å². The second-order valence-corrected chi connectivity index (χ2v) is 4.53. The Bertz CT molecular complexity index is 644. The molecule has 20 heavy (non-hydrogen) atoms. The van der Waals surface area contributed by atoms with Crippen LogP contribution in [0.3, 0.4) is 0 Å². The number of amides is 1. The Balaban J connectivity index is 2.24. The monoisotopic (exact) mass is 289 g/mol. The van der Waals surface area contributed by atoms with Gasteiger partial charge in [-0.1, -0.05) is 29.8 Å². The van der Waals surface area contributed by atoms with E-state index in [1.54, 1.807) is 24.3 Å². The van der Waals surface area contributed by atoms with Gasteiger partial charge in [0.05, 0.1) is 24.3 Å². The number of carbonyl (C=O) groups excluding carboxylic acids is 1. The van der Waals surface area contributed by atoms with Gasteiger partial charge in [0.15, 0.2) is 0 Å². The smallest absolute Gasteiger partial charge is 0.338 e. The van der Waals surface area contributed by atoms with Gasteiger partial charge in [-0.3, -0.25) is 4.79 Å². The van der Waals surface area contributed by atoms with Crippen molar-refractivity contribution in [2.45, 2.75) is 6.42 Å². The molecule has 102 valence electrons. The largest absolute Gasteiger partial charge is 0.490 e. The normalized spacial score (nSPS) is 14.5. The Morgan fingerprint density at radius 1 is 1.40 bits per heavy atom. The van der Waals surface area contributed by atoms with Crippen LogP contribution >= 0.6 is 11.6 Å². The van der Waals surface area contributed by atoms with E-state index in [9.17, 15) is 4.79 Å². The number of benzene rings is 1. The molecular formula is C14H12ClN3O2. The van der Waals surface area contributed by atoms with Crippen LogP contribution in [0.25, 0.3) is 5.53 Å². The fourth-order valence-electron chi connectivity index (χ4n) is 1.77. The molecule has 6 heteroatoms. The van der Waals surface area contributed by atoms with Crippen molar-refractivity contribution in [2.75, 3.05) is 7.11 Å². The average Bonchev–Trinajstić information content (AvgIpc) is 2.49. The number of hydrogen-bond donors (Lipinski definition) is 1. The molecule has 0 aromatic heterocycles. The zero-order valence-corrected chi connectivity index (χ0v) is 11.5. The highest BCUT2D eigenvalue weighted by Gasteiger charge is 2.26. The Morgan fingerprint density at radius 2 is 2.10 bits per heavy atom. The van der Waals surface area contributed by atoms with Gasteiger partial charge < -0.3 is 15.6 Å². The molecule has 0 aliphatic heterocycles. The maximum atomic E-state index is 12.1. The molecule has 5 nitrogen and oxygen atoms in total. The maximum Gasteiger partial charge on any atom is 0.338 e. The lowest BCUT2D eigenvalue weighted by atomic mass is 10.1. The molecule has 0 spiro atoms. The van der Waals surface area contributed by atoms with E-state index >= 15 is 0 Å². The van der Waals surface area contributed by atoms with Crippen LogP contribution in [0.1, 0.15) is 16.8 Å². The third kappa shape index (κ3) is 2.96. The van der Waals surface area contributed by atoms with Crippen molar-refractivity contribution in [1.82, 2.24) is 5.32 Å². The van der Waals surface area contributed by atoms with Crippen LogP contribution in [0.4, 0.5) is 0 Å². The zero-order valence-electron chi connectivity index (χ0n) is 10.8. The van der Waals surface area contributed by atoms with E-state index in [0.29, 0.717) is 27.8 Å². The van der Waals surface area contributed by atoms with Gasteiger partial charge in [-0.25, -0.2) is 0 Å². The highest BCUT2D eigenvalue weighted by Crippen LogP contribution is 2.23. The summed E-state index contributed by atoms with van der Waals surface area (Å²) >= 11 is 6.08. The topological polar surface area (TPSA) is 74.7 Å². The standard InChI is InChI=1S/C14H12ClN3O2/c1-20-13-8-11(10(15)7-12(13)18-16)17-14(19)9-5-3-2-4-6-9/h2-6,8H,7H2,1H3,(H,17,19). The molecule has 1 aromatic carbocycles. The number of nitrogens with one attached hydrogen (secondary N) is 1. The summed E-state index contributed by atoms with van der Waals surface area (Å²) < 4.78 is 5.09. The van der Waals surface area contributed by atoms with E-state index in [2.05, 4.69) is 10.1 Å². The third-order valence-electron chi connectivity index (χ3n) is 2.80. The van der Waals surface area contributed by atoms with Gasteiger partial charge in [0.25, 0.3) is 5.91 Å². The molecule has 0 unspecified atom stereocenters. The van der Waals surface area contributed by atoms with Crippen LogP contribution in [0.5, 0.6) is 0 Å². The summed E-state index contributed by atoms with van der Waals surface area (Å²) in [7, 11) is 1.45. The summed E-state index contributed by atoms with van der Waals surface area (Å²) in [6.07, 6.45) is 1.73. The third-order valence-corrected chi connectivity index (χ3v) is 3.14. The van der Waals surface area contributed by atoms with Crippen molar-refractivity contribution < 1.29 is 14.3 Å². The summed E-state index contributed by atoms with van der Waals surface area (Å²) in [5, 5.41) is 3.09. The predicted octanol–water partition coefficient (Wildman–Crippen LogP) is 2.47. The first-order chi connectivity index (χ1) is 9.65. The number of hydrogen-bond acceptors (Lipinski definition) is 2. The first-order valence-electron chi connectivity index (χ1n) is 5.87. The van der Waals surface area contributed by atoms with Crippen molar-refractivity contribution in [3.63, 3.8) is 0 Å². The van der Waals surface area contributed by atoms with Gasteiger partial charge in [-0.15, -0.1) is 0 Å². The van der Waals surface area contributed by atoms with Crippen molar-refractivity contribution in [1.29, 1.82) is 0 Å². The molecule has 0 heterocycles. The molecule has 1 aliphatic carbocycles. The van der Waals surface area contributed by atoms with E-state index in [-0.39, 0.29) is 12.3 Å². The van der Waals surface area contributed by atoms with E-state index in [0.717, 1.165) is 0 Å². The summed E-state index contributed by atoms with van der Waals surface area (Å²) in [4.78, 5) is 15.2. The van der Waals surface area contributed by atoms with Crippen LogP contribution in [0.2, 0.25) is 0 Å². The minimum atomic E-state index is -0.269. The van der Waals surface area contributed by atoms with Gasteiger partial charge in [-0.05, 0) is 12.1 Å². The van der Waals surface area contributed by atoms with Gasteiger partial charge in [0, 0.05) is 11.6 Å². The number of ether oxygens (including phenoxy) is 1. The molecule has 1 N–H and O–H groups in total. The molecular weight excluding hydrogens is 278 g/mol. The maximum absolute atomic E-state index is 12.1. The average molecular weight is 290 g/mol. The Morgan fingerprint density at radius 3 is 2.70 bits per heavy atom. The number of halogens is 1. The minimum Gasteiger partial charge on any atom is -0.490 e. The van der Waals surface area contributed by atoms with E-state index in [1.165, 1.54) is 13.2 Å². The van der Waals surface area contributed by atoms with Crippen LogP contribution in [-0.4, -0.2) is 23.5 Å². The van der Waals surface area contributed by atoms with Crippen LogP contribution in [-0.2, 0) is 4.74 Å². The number of nitrogens with zero attached hydrogens (tertiary/aromatic N) is 2. The van der Waals surface area contributed by atoms with Crippen molar-refractivity contribution in [3.8, 4) is 0 Å². The summed E-state index contributed by atoms with van der Waals surface area (Å²) in [6.45, 7) is 0. The fourth-order valence-corrected chi connectivity index (χ4v) is 2.00. The number of rotatable bonds is 3. The Kier molecular flexibility index (Phi) is 4.35. The SMILES string of the molecule is COC1=CC(NC(=O)c2ccccc2)=C(Cl)CC1=[N+]=[N-]. The van der Waals surface area contributed by atoms with Gasteiger partial charge >= 0.3 is 5.71 Å². The second-order valence-electron chi connectivity index (χ2n) is 4.07. The molecule has 0 radical (unpaired) electrons. The summed E-state index contributed by atoms with van der Waals surface area (Å²) in [6, 6.07) is 8.79. The lowest BCUT2D eigenvalue weighted by Gasteiger charge is -2.14. The molecule has 0 saturated heterocycles. The van der Waals surface area contributed by atoms with Crippen molar-refractivity contribution >= 4 is 23.2 Å². The lowest BCUT2D eigenvalue weighted by molar-refractivity contribution is -0.0110. The number of carbonyl (C=O) groups is 1. The van der Waals surface area contributed by atoms with E-state index in [4.69, 9.17) is 21.9 Å². The highest BCUT2D eigenvalue weighted by atomic mass is 35.5. The lowest BCUT2D eigenvalue weighted by Crippen LogP contribution is -2.26. The molecule has 1 aliphatic rings. The van der Waals surface area contributed by atoms with E-state index < -0.39 is 0 Å². The molecule has 0 atom stereocenters. The fraction of sp³-hybridized carbons (Fsp3) is 0.143. The van der Waals surface area contributed by atoms with E-state index in [1.807, 2.05) is 6.07 Å². The van der Waals surface area contributed by atoms with Crippen LogP contribution < -0.4 is 5.32 Å².